The fourth-order valence-corrected chi connectivity index (χ4v) is 3.93. The predicted molar refractivity (Wildman–Crippen MR) is 94.5 cm³/mol. The average Bonchev–Trinajstić information content (AvgIpc) is 2.76. The van der Waals surface area contributed by atoms with Crippen LogP contribution in [-0.2, 0) is 5.41 Å². The molecule has 0 amide bonds. The maximum atomic E-state index is 6.21. The van der Waals surface area contributed by atoms with E-state index in [9.17, 15) is 0 Å². The molecule has 0 radical (unpaired) electrons. The van der Waals surface area contributed by atoms with E-state index in [1.807, 2.05) is 12.1 Å². The summed E-state index contributed by atoms with van der Waals surface area (Å²) in [6.45, 7) is 4.62. The Morgan fingerprint density at radius 2 is 1.41 bits per heavy atom. The minimum atomic E-state index is 0.00480. The maximum absolute atomic E-state index is 6.21. The van der Waals surface area contributed by atoms with E-state index in [1.165, 1.54) is 33.4 Å². The Morgan fingerprint density at radius 1 is 0.727 bits per heavy atom. The lowest BCUT2D eigenvalue weighted by Crippen LogP contribution is -2.16. The summed E-state index contributed by atoms with van der Waals surface area (Å²) in [6.07, 6.45) is 0. The van der Waals surface area contributed by atoms with Crippen molar-refractivity contribution in [3.8, 4) is 22.3 Å². The van der Waals surface area contributed by atoms with Gasteiger partial charge in [-0.05, 0) is 45.5 Å². The molecule has 0 nitrogen and oxygen atoms in total. The zero-order valence-corrected chi connectivity index (χ0v) is 13.5. The van der Waals surface area contributed by atoms with Gasteiger partial charge < -0.3 is 0 Å². The summed E-state index contributed by atoms with van der Waals surface area (Å²) in [7, 11) is 0. The van der Waals surface area contributed by atoms with Gasteiger partial charge in [0, 0.05) is 10.4 Å². The van der Waals surface area contributed by atoms with Crippen molar-refractivity contribution >= 4 is 11.6 Å². The molecule has 0 N–H and O–H groups in total. The van der Waals surface area contributed by atoms with Crippen LogP contribution in [0.15, 0.2) is 66.7 Å². The van der Waals surface area contributed by atoms with Crippen LogP contribution >= 0.6 is 11.6 Å². The van der Waals surface area contributed by atoms with E-state index in [-0.39, 0.29) is 5.41 Å². The van der Waals surface area contributed by atoms with Crippen LogP contribution in [0, 0.1) is 0 Å². The normalized spacial score (nSPS) is 14.5. The van der Waals surface area contributed by atoms with Gasteiger partial charge >= 0.3 is 0 Å². The fraction of sp³-hybridized carbons (Fsp3) is 0.143. The summed E-state index contributed by atoms with van der Waals surface area (Å²) in [6, 6.07) is 23.4. The van der Waals surface area contributed by atoms with Gasteiger partial charge in [-0.1, -0.05) is 80.0 Å². The molecule has 1 aliphatic rings. The van der Waals surface area contributed by atoms with Crippen LogP contribution in [0.4, 0.5) is 0 Å². The largest absolute Gasteiger partial charge is 0.0843 e. The van der Waals surface area contributed by atoms with E-state index in [2.05, 4.69) is 68.4 Å². The first-order valence-corrected chi connectivity index (χ1v) is 7.96. The van der Waals surface area contributed by atoms with Crippen LogP contribution in [0.3, 0.4) is 0 Å². The third kappa shape index (κ3) is 1.84. The molecule has 0 aliphatic heterocycles. The van der Waals surface area contributed by atoms with E-state index in [0.717, 1.165) is 5.02 Å². The molecule has 0 spiro atoms. The van der Waals surface area contributed by atoms with E-state index >= 15 is 0 Å². The van der Waals surface area contributed by atoms with Gasteiger partial charge in [0.1, 0.15) is 0 Å². The summed E-state index contributed by atoms with van der Waals surface area (Å²) in [4.78, 5) is 0. The lowest BCUT2D eigenvalue weighted by Gasteiger charge is -2.24. The number of fused-ring (bicyclic) bond motifs is 3. The van der Waals surface area contributed by atoms with Crippen molar-refractivity contribution in [1.29, 1.82) is 0 Å². The minimum Gasteiger partial charge on any atom is -0.0843 e. The highest BCUT2D eigenvalue weighted by Gasteiger charge is 2.37. The second kappa shape index (κ2) is 4.72. The van der Waals surface area contributed by atoms with Crippen molar-refractivity contribution in [3.05, 3.63) is 82.9 Å². The summed E-state index contributed by atoms with van der Waals surface area (Å²) >= 11 is 6.21. The number of halogens is 1. The van der Waals surface area contributed by atoms with Crippen molar-refractivity contribution in [1.82, 2.24) is 0 Å². The standard InChI is InChI=1S/C21H17Cl/c1-21(2)19-12-4-3-9-17(19)18-11-6-10-16(20(18)21)14-7-5-8-15(22)13-14/h3-13H,1-2H3. The Kier molecular flexibility index (Phi) is 2.92. The number of rotatable bonds is 1. The summed E-state index contributed by atoms with van der Waals surface area (Å²) < 4.78 is 0. The molecule has 1 heteroatoms. The van der Waals surface area contributed by atoms with Gasteiger partial charge in [0.25, 0.3) is 0 Å². The topological polar surface area (TPSA) is 0 Å². The molecule has 3 aromatic rings. The van der Waals surface area contributed by atoms with Crippen molar-refractivity contribution in [2.75, 3.05) is 0 Å². The van der Waals surface area contributed by atoms with E-state index in [1.54, 1.807) is 0 Å². The van der Waals surface area contributed by atoms with Gasteiger partial charge in [0.05, 0.1) is 0 Å². The molecule has 0 saturated carbocycles. The van der Waals surface area contributed by atoms with Crippen LogP contribution in [0.25, 0.3) is 22.3 Å². The minimum absolute atomic E-state index is 0.00480. The van der Waals surface area contributed by atoms with Crippen molar-refractivity contribution in [3.63, 3.8) is 0 Å². The van der Waals surface area contributed by atoms with Crippen LogP contribution in [-0.4, -0.2) is 0 Å². The third-order valence-electron chi connectivity index (χ3n) is 4.72. The van der Waals surface area contributed by atoms with Gasteiger partial charge in [-0.25, -0.2) is 0 Å². The van der Waals surface area contributed by atoms with Gasteiger partial charge in [-0.2, -0.15) is 0 Å². The molecule has 4 rings (SSSR count). The molecule has 108 valence electrons. The van der Waals surface area contributed by atoms with E-state index < -0.39 is 0 Å². The molecular formula is C21H17Cl. The van der Waals surface area contributed by atoms with Crippen molar-refractivity contribution in [2.24, 2.45) is 0 Å². The van der Waals surface area contributed by atoms with E-state index in [0.29, 0.717) is 0 Å². The third-order valence-corrected chi connectivity index (χ3v) is 4.95. The molecule has 0 aromatic heterocycles. The summed E-state index contributed by atoms with van der Waals surface area (Å²) in [5, 5.41) is 0.781. The smallest absolute Gasteiger partial charge is 0.0412 e. The number of benzene rings is 3. The zero-order valence-electron chi connectivity index (χ0n) is 12.7. The average molecular weight is 305 g/mol. The molecule has 22 heavy (non-hydrogen) atoms. The van der Waals surface area contributed by atoms with Gasteiger partial charge in [-0.3, -0.25) is 0 Å². The highest BCUT2D eigenvalue weighted by atomic mass is 35.5. The molecule has 3 aromatic carbocycles. The molecule has 0 atom stereocenters. The molecule has 1 aliphatic carbocycles. The van der Waals surface area contributed by atoms with Gasteiger partial charge in [0.2, 0.25) is 0 Å². The Balaban J connectivity index is 2.04. The SMILES string of the molecule is CC1(C)c2ccccc2-c2cccc(-c3cccc(Cl)c3)c21. The first-order valence-electron chi connectivity index (χ1n) is 7.58. The zero-order chi connectivity index (χ0) is 15.3. The first kappa shape index (κ1) is 13.6. The highest BCUT2D eigenvalue weighted by molar-refractivity contribution is 6.30. The van der Waals surface area contributed by atoms with Crippen LogP contribution < -0.4 is 0 Å². The Morgan fingerprint density at radius 3 is 2.23 bits per heavy atom. The second-order valence-corrected chi connectivity index (χ2v) is 6.85. The van der Waals surface area contributed by atoms with Crippen LogP contribution in [0.2, 0.25) is 5.02 Å². The Hall–Kier alpha value is -2.05. The molecule has 0 fully saturated rings. The molecule has 0 saturated heterocycles. The monoisotopic (exact) mass is 304 g/mol. The Labute approximate surface area is 136 Å². The molecule has 0 heterocycles. The molecular weight excluding hydrogens is 288 g/mol. The molecule has 0 unspecified atom stereocenters. The maximum Gasteiger partial charge on any atom is 0.0412 e. The molecule has 0 bridgehead atoms. The highest BCUT2D eigenvalue weighted by Crippen LogP contribution is 2.51. The summed E-state index contributed by atoms with van der Waals surface area (Å²) in [5.74, 6) is 0. The Bertz CT molecular complexity index is 875. The van der Waals surface area contributed by atoms with E-state index in [4.69, 9.17) is 11.6 Å². The number of hydrogen-bond donors (Lipinski definition) is 0. The van der Waals surface area contributed by atoms with Crippen molar-refractivity contribution < 1.29 is 0 Å². The van der Waals surface area contributed by atoms with Crippen molar-refractivity contribution in [2.45, 2.75) is 19.3 Å². The number of hydrogen-bond acceptors (Lipinski definition) is 0. The van der Waals surface area contributed by atoms with Crippen LogP contribution in [0.5, 0.6) is 0 Å². The second-order valence-electron chi connectivity index (χ2n) is 6.41. The quantitative estimate of drug-likeness (QED) is 0.494. The first-order chi connectivity index (χ1) is 10.6. The fourth-order valence-electron chi connectivity index (χ4n) is 3.74. The van der Waals surface area contributed by atoms with Crippen LogP contribution in [0.1, 0.15) is 25.0 Å². The van der Waals surface area contributed by atoms with Gasteiger partial charge in [0.15, 0.2) is 0 Å². The lowest BCUT2D eigenvalue weighted by molar-refractivity contribution is 0.662. The predicted octanol–water partition coefficient (Wildman–Crippen LogP) is 6.31. The van der Waals surface area contributed by atoms with Gasteiger partial charge in [-0.15, -0.1) is 0 Å². The lowest BCUT2D eigenvalue weighted by atomic mass is 9.79. The summed E-state index contributed by atoms with van der Waals surface area (Å²) in [5.41, 5.74) is 7.97.